The van der Waals surface area contributed by atoms with Crippen molar-refractivity contribution in [3.05, 3.63) is 58.6 Å². The molecule has 1 amide bonds. The van der Waals surface area contributed by atoms with E-state index in [1.807, 2.05) is 49.4 Å². The van der Waals surface area contributed by atoms with Crippen LogP contribution in [0.1, 0.15) is 20.9 Å². The lowest BCUT2D eigenvalue weighted by molar-refractivity contribution is 0.0954. The molecule has 1 aliphatic rings. The van der Waals surface area contributed by atoms with Crippen molar-refractivity contribution in [2.45, 2.75) is 13.5 Å². The number of nitrogens with one attached hydrogen (secondary N) is 1. The minimum Gasteiger partial charge on any atom is -0.497 e. The molecule has 0 bridgehead atoms. The molecule has 0 saturated heterocycles. The SMILES string of the molecule is COc1ccc(-c2nc(C)c(C(=O)NCc3ccc4c(c3)OCO4)s2)cc1. The van der Waals surface area contributed by atoms with E-state index in [1.54, 1.807) is 7.11 Å². The van der Waals surface area contributed by atoms with Crippen molar-refractivity contribution in [1.29, 1.82) is 0 Å². The van der Waals surface area contributed by atoms with Gasteiger partial charge in [0, 0.05) is 12.1 Å². The van der Waals surface area contributed by atoms with Crippen molar-refractivity contribution in [3.63, 3.8) is 0 Å². The van der Waals surface area contributed by atoms with Gasteiger partial charge in [0.05, 0.1) is 12.8 Å². The molecule has 0 radical (unpaired) electrons. The fourth-order valence-electron chi connectivity index (χ4n) is 2.78. The van der Waals surface area contributed by atoms with Crippen LogP contribution in [0.5, 0.6) is 17.2 Å². The zero-order valence-corrected chi connectivity index (χ0v) is 15.8. The molecular formula is C20H18N2O4S. The van der Waals surface area contributed by atoms with Crippen molar-refractivity contribution in [1.82, 2.24) is 10.3 Å². The highest BCUT2D eigenvalue weighted by Gasteiger charge is 2.17. The molecule has 7 heteroatoms. The van der Waals surface area contributed by atoms with Gasteiger partial charge in [-0.1, -0.05) is 6.07 Å². The maximum Gasteiger partial charge on any atom is 0.263 e. The molecule has 27 heavy (non-hydrogen) atoms. The number of carbonyl (C=O) groups is 1. The zero-order chi connectivity index (χ0) is 18.8. The minimum atomic E-state index is -0.137. The van der Waals surface area contributed by atoms with Gasteiger partial charge in [0.15, 0.2) is 11.5 Å². The van der Waals surface area contributed by atoms with Crippen LogP contribution in [-0.4, -0.2) is 24.8 Å². The Bertz CT molecular complexity index is 982. The van der Waals surface area contributed by atoms with E-state index >= 15 is 0 Å². The number of methoxy groups -OCH3 is 1. The second kappa shape index (κ2) is 7.28. The van der Waals surface area contributed by atoms with Crippen LogP contribution in [0.2, 0.25) is 0 Å². The first-order valence-corrected chi connectivity index (χ1v) is 9.24. The number of benzene rings is 2. The highest BCUT2D eigenvalue weighted by Crippen LogP contribution is 2.33. The van der Waals surface area contributed by atoms with E-state index in [1.165, 1.54) is 11.3 Å². The van der Waals surface area contributed by atoms with Crippen LogP contribution in [-0.2, 0) is 6.54 Å². The molecule has 1 N–H and O–H groups in total. The van der Waals surface area contributed by atoms with Gasteiger partial charge in [-0.2, -0.15) is 0 Å². The molecule has 2 aromatic carbocycles. The van der Waals surface area contributed by atoms with E-state index in [0.717, 1.165) is 27.6 Å². The summed E-state index contributed by atoms with van der Waals surface area (Å²) in [4.78, 5) is 17.8. The molecule has 6 nitrogen and oxygen atoms in total. The van der Waals surface area contributed by atoms with Crippen molar-refractivity contribution in [2.75, 3.05) is 13.9 Å². The number of fused-ring (bicyclic) bond motifs is 1. The van der Waals surface area contributed by atoms with Crippen LogP contribution in [0.4, 0.5) is 0 Å². The first-order valence-electron chi connectivity index (χ1n) is 8.42. The Kier molecular flexibility index (Phi) is 4.68. The average Bonchev–Trinajstić information content (AvgIpc) is 3.32. The van der Waals surface area contributed by atoms with Crippen LogP contribution >= 0.6 is 11.3 Å². The Balaban J connectivity index is 1.46. The molecule has 0 aliphatic carbocycles. The minimum absolute atomic E-state index is 0.137. The highest BCUT2D eigenvalue weighted by atomic mass is 32.1. The summed E-state index contributed by atoms with van der Waals surface area (Å²) >= 11 is 1.38. The second-order valence-corrected chi connectivity index (χ2v) is 7.03. The fourth-order valence-corrected chi connectivity index (χ4v) is 3.77. The summed E-state index contributed by atoms with van der Waals surface area (Å²) in [6.07, 6.45) is 0. The number of hydrogen-bond donors (Lipinski definition) is 1. The van der Waals surface area contributed by atoms with Gasteiger partial charge < -0.3 is 19.5 Å². The summed E-state index contributed by atoms with van der Waals surface area (Å²) in [6, 6.07) is 13.3. The van der Waals surface area contributed by atoms with Crippen molar-refractivity contribution >= 4 is 17.2 Å². The summed E-state index contributed by atoms with van der Waals surface area (Å²) in [5.41, 5.74) is 2.62. The molecule has 1 aromatic heterocycles. The monoisotopic (exact) mass is 382 g/mol. The van der Waals surface area contributed by atoms with Gasteiger partial charge in [0.2, 0.25) is 6.79 Å². The first kappa shape index (κ1) is 17.4. The van der Waals surface area contributed by atoms with Crippen LogP contribution in [0, 0.1) is 6.92 Å². The van der Waals surface area contributed by atoms with Crippen LogP contribution < -0.4 is 19.5 Å². The second-order valence-electron chi connectivity index (χ2n) is 6.03. The molecular weight excluding hydrogens is 364 g/mol. The predicted octanol–water partition coefficient (Wildman–Crippen LogP) is 3.79. The van der Waals surface area contributed by atoms with Crippen LogP contribution in [0.3, 0.4) is 0 Å². The van der Waals surface area contributed by atoms with Gasteiger partial charge in [0.1, 0.15) is 15.6 Å². The zero-order valence-electron chi connectivity index (χ0n) is 14.9. The standard InChI is InChI=1S/C20H18N2O4S/c1-12-18(27-20(22-12)14-4-6-15(24-2)7-5-14)19(23)21-10-13-3-8-16-17(9-13)26-11-25-16/h3-9H,10-11H2,1-2H3,(H,21,23). The van der Waals surface area contributed by atoms with Crippen LogP contribution in [0.15, 0.2) is 42.5 Å². The Morgan fingerprint density at radius 3 is 2.74 bits per heavy atom. The quantitative estimate of drug-likeness (QED) is 0.727. The molecule has 2 heterocycles. The third-order valence-corrected chi connectivity index (χ3v) is 5.44. The van der Waals surface area contributed by atoms with E-state index in [0.29, 0.717) is 22.9 Å². The van der Waals surface area contributed by atoms with Crippen LogP contribution in [0.25, 0.3) is 10.6 Å². The highest BCUT2D eigenvalue weighted by molar-refractivity contribution is 7.17. The predicted molar refractivity (Wildman–Crippen MR) is 103 cm³/mol. The lowest BCUT2D eigenvalue weighted by atomic mass is 10.2. The number of carbonyl (C=O) groups excluding carboxylic acids is 1. The molecule has 0 fully saturated rings. The molecule has 0 atom stereocenters. The third kappa shape index (κ3) is 3.59. The van der Waals surface area contributed by atoms with Gasteiger partial charge in [0.25, 0.3) is 5.91 Å². The number of hydrogen-bond acceptors (Lipinski definition) is 6. The number of nitrogens with zero attached hydrogens (tertiary/aromatic N) is 1. The van der Waals surface area contributed by atoms with Crippen molar-refractivity contribution < 1.29 is 19.0 Å². The summed E-state index contributed by atoms with van der Waals surface area (Å²) in [5, 5.41) is 3.75. The van der Waals surface area contributed by atoms with Gasteiger partial charge in [-0.15, -0.1) is 11.3 Å². The van der Waals surface area contributed by atoms with E-state index in [-0.39, 0.29) is 12.7 Å². The number of aromatic nitrogens is 1. The lowest BCUT2D eigenvalue weighted by Gasteiger charge is -2.05. The first-order chi connectivity index (χ1) is 13.1. The fraction of sp³-hybridized carbons (Fsp3) is 0.200. The normalized spacial score (nSPS) is 12.1. The van der Waals surface area contributed by atoms with E-state index in [4.69, 9.17) is 14.2 Å². The molecule has 138 valence electrons. The maximum atomic E-state index is 12.6. The Hall–Kier alpha value is -3.06. The summed E-state index contributed by atoms with van der Waals surface area (Å²) in [7, 11) is 1.63. The summed E-state index contributed by atoms with van der Waals surface area (Å²) in [6.45, 7) is 2.49. The third-order valence-electron chi connectivity index (χ3n) is 4.23. The Morgan fingerprint density at radius 1 is 1.19 bits per heavy atom. The number of thiazole rings is 1. The van der Waals surface area contributed by atoms with Gasteiger partial charge in [-0.05, 0) is 48.9 Å². The molecule has 3 aromatic rings. The molecule has 1 aliphatic heterocycles. The lowest BCUT2D eigenvalue weighted by Crippen LogP contribution is -2.22. The average molecular weight is 382 g/mol. The van der Waals surface area contributed by atoms with Gasteiger partial charge in [-0.25, -0.2) is 4.98 Å². The topological polar surface area (TPSA) is 69.7 Å². The molecule has 4 rings (SSSR count). The number of rotatable bonds is 5. The smallest absolute Gasteiger partial charge is 0.263 e. The van der Waals surface area contributed by atoms with Crippen molar-refractivity contribution in [3.8, 4) is 27.8 Å². The number of amides is 1. The Morgan fingerprint density at radius 2 is 1.96 bits per heavy atom. The maximum absolute atomic E-state index is 12.6. The van der Waals surface area contributed by atoms with Gasteiger partial charge in [-0.3, -0.25) is 4.79 Å². The van der Waals surface area contributed by atoms with E-state index < -0.39 is 0 Å². The molecule has 0 saturated carbocycles. The molecule has 0 spiro atoms. The number of ether oxygens (including phenoxy) is 3. The summed E-state index contributed by atoms with van der Waals surface area (Å²) < 4.78 is 15.8. The Labute approximate surface area is 160 Å². The van der Waals surface area contributed by atoms with E-state index in [9.17, 15) is 4.79 Å². The summed E-state index contributed by atoms with van der Waals surface area (Å²) in [5.74, 6) is 2.08. The number of aryl methyl sites for hydroxylation is 1. The van der Waals surface area contributed by atoms with E-state index in [2.05, 4.69) is 10.3 Å². The molecule has 0 unspecified atom stereocenters. The van der Waals surface area contributed by atoms with Gasteiger partial charge >= 0.3 is 0 Å². The van der Waals surface area contributed by atoms with Crippen molar-refractivity contribution in [2.24, 2.45) is 0 Å². The largest absolute Gasteiger partial charge is 0.497 e.